The standard InChI is InChI=1S/C40H50ClN5O8S.C40H48ClN5O8S.C7H10N2O2S/c2*1-8-22-16-40(22,37(49)50)45-34(47)28-14-24(17-46(28)36(48)33(39(4,5)6)44-38(51)54-23-12-20-11-21(20)13-23)53-30-15-26(35-43-27(18-55-35)19(2)3)42-32-25(30)9-10-29(52-7)31(32)41;1-6-2-4-7(5-3-6)12(10,11)9-8/h9-10,15,18-24,28,33H,8,11-14,16-17H2,1-7H3,(H,44,51)(H,45,47)(H,49,50);8-10,15,18-24,28,33H,1,11-14,16-17H2,2-7H3,(H,44,51)(H,45,47)(H,49,50);2-5,9H,8H2,1H3/t2*20-,21+,22-,23?,24-,28+,33-,40-;/m11./s1. The van der Waals surface area contributed by atoms with Crippen molar-refractivity contribution in [3.05, 3.63) is 111 Å². The number of aliphatic carboxylic acids is 2. The van der Waals surface area contributed by atoms with Crippen molar-refractivity contribution in [2.45, 2.75) is 230 Å². The number of pyridine rings is 2. The van der Waals surface area contributed by atoms with Crippen LogP contribution in [0.5, 0.6) is 23.0 Å². The molecule has 122 heavy (non-hydrogen) atoms. The van der Waals surface area contributed by atoms with Crippen LogP contribution in [0.15, 0.2) is 89.0 Å². The molecule has 3 aromatic carbocycles. The van der Waals surface area contributed by atoms with Gasteiger partial charge in [-0.3, -0.25) is 25.0 Å². The van der Waals surface area contributed by atoms with Crippen LogP contribution in [0, 0.1) is 53.3 Å². The summed E-state index contributed by atoms with van der Waals surface area (Å²) in [7, 11) is -0.448. The lowest BCUT2D eigenvalue weighted by Crippen LogP contribution is -2.59. The lowest BCUT2D eigenvalue weighted by molar-refractivity contribution is -0.146. The summed E-state index contributed by atoms with van der Waals surface area (Å²) in [6, 6.07) is 12.7. The second-order valence-electron chi connectivity index (χ2n) is 36.1. The van der Waals surface area contributed by atoms with Gasteiger partial charge in [0.05, 0.1) is 54.6 Å². The van der Waals surface area contributed by atoms with Gasteiger partial charge in [0.1, 0.15) is 114 Å². The van der Waals surface area contributed by atoms with Gasteiger partial charge in [0.2, 0.25) is 23.6 Å². The molecule has 16 atom stereocenters. The Morgan fingerprint density at radius 1 is 0.598 bits per heavy atom. The Hall–Kier alpha value is -9.51. The van der Waals surface area contributed by atoms with Crippen LogP contribution in [-0.2, 0) is 48.3 Å². The van der Waals surface area contributed by atoms with Gasteiger partial charge in [-0.15, -0.1) is 29.3 Å². The molecular formula is C87H108Cl2N12O18S3. The number of alkyl carbamates (subject to hydrolysis) is 2. The highest BCUT2D eigenvalue weighted by Gasteiger charge is 2.63. The Kier molecular flexibility index (Phi) is 26.3. The number of amides is 6. The second-order valence-corrected chi connectivity index (χ2v) is 40.3. The number of ether oxygens (including phenoxy) is 6. The van der Waals surface area contributed by atoms with E-state index in [1.807, 2.05) is 66.2 Å². The molecule has 0 spiro atoms. The zero-order chi connectivity index (χ0) is 88.3. The third kappa shape index (κ3) is 19.4. The van der Waals surface area contributed by atoms with Crippen LogP contribution in [-0.4, -0.2) is 183 Å². The molecule has 2 saturated heterocycles. The fraction of sp³-hybridized carbons (Fsp3) is 0.540. The van der Waals surface area contributed by atoms with Gasteiger partial charge in [-0.25, -0.2) is 47.5 Å². The number of carboxylic acid groups (broad SMARTS) is 2. The Balaban J connectivity index is 0.000000185. The van der Waals surface area contributed by atoms with Crippen molar-refractivity contribution in [2.75, 3.05) is 27.3 Å². The number of aromatic nitrogens is 4. The number of likely N-dealkylation sites (tertiary alicyclic amines) is 2. The number of carbonyl (C=O) groups is 8. The predicted molar refractivity (Wildman–Crippen MR) is 460 cm³/mol. The number of carboxylic acids is 2. The molecule has 656 valence electrons. The molecule has 0 radical (unpaired) electrons. The van der Waals surface area contributed by atoms with Crippen molar-refractivity contribution < 1.29 is 85.4 Å². The minimum Gasteiger partial charge on any atom is -0.495 e. The first-order valence-electron chi connectivity index (χ1n) is 41.3. The van der Waals surface area contributed by atoms with Crippen molar-refractivity contribution in [3.63, 3.8) is 0 Å². The van der Waals surface area contributed by atoms with Crippen LogP contribution in [0.3, 0.4) is 0 Å². The molecule has 8 aliphatic rings. The van der Waals surface area contributed by atoms with Gasteiger partial charge in [-0.1, -0.05) is 130 Å². The third-order valence-corrected chi connectivity index (χ3v) is 28.3. The number of sulfonamides is 1. The maximum Gasteiger partial charge on any atom is 0.408 e. The van der Waals surface area contributed by atoms with E-state index in [-0.39, 0.29) is 72.2 Å². The number of halogens is 2. The van der Waals surface area contributed by atoms with Crippen molar-refractivity contribution in [1.29, 1.82) is 0 Å². The number of hydrogen-bond donors (Lipinski definition) is 8. The zero-order valence-electron chi connectivity index (χ0n) is 70.8. The van der Waals surface area contributed by atoms with Crippen LogP contribution in [0.25, 0.3) is 43.2 Å². The molecule has 8 fully saturated rings. The molecule has 2 unspecified atom stereocenters. The van der Waals surface area contributed by atoms with Gasteiger partial charge < -0.3 is 69.7 Å². The molecule has 4 aromatic heterocycles. The molecule has 15 rings (SSSR count). The number of carbonyl (C=O) groups excluding carboxylic acids is 6. The number of rotatable bonds is 26. The topological polar surface area (TPSA) is 411 Å². The van der Waals surface area contributed by atoms with E-state index in [4.69, 9.17) is 77.4 Å². The molecule has 6 saturated carbocycles. The van der Waals surface area contributed by atoms with Gasteiger partial charge in [-0.05, 0) is 147 Å². The first-order chi connectivity index (χ1) is 57.6. The number of aryl methyl sites for hydroxylation is 1. The molecule has 2 aliphatic heterocycles. The molecule has 6 aliphatic carbocycles. The van der Waals surface area contributed by atoms with E-state index in [1.54, 1.807) is 53.4 Å². The highest BCUT2D eigenvalue weighted by molar-refractivity contribution is 7.89. The second kappa shape index (κ2) is 35.6. The summed E-state index contributed by atoms with van der Waals surface area (Å²) in [4.78, 5) is 133. The maximum atomic E-state index is 14.7. The molecule has 7 aromatic rings. The van der Waals surface area contributed by atoms with Gasteiger partial charge in [0, 0.05) is 52.4 Å². The highest BCUT2D eigenvalue weighted by Crippen LogP contribution is 2.54. The SMILES string of the molecule is C=C[C@@H]1C[C@]1(NC(=O)[C@@H]1C[C@@H](Oc2cc(-c3nc(C(C)C)cs3)nc3c(Cl)c(OC)ccc23)CN1C(=O)[C@@H](NC(=O)OC1C[C@@H]2C[C@@H]2C1)C(C)(C)C)C(=O)O.CC[C@@H]1C[C@]1(NC(=O)[C@@H]1C[C@@H](Oc2cc(-c3nc(C(C)C)cs3)nc3c(Cl)c(OC)ccc23)CN1C(=O)[C@@H](NC(=O)OC1C[C@@H]2C[C@@H]2C1)C(C)(C)C)C(=O)O.Cc1ccc(S(=O)(=O)NN)cc1. The van der Waals surface area contributed by atoms with E-state index < -0.39 is 122 Å². The van der Waals surface area contributed by atoms with E-state index in [0.29, 0.717) is 108 Å². The number of benzene rings is 3. The number of nitrogens with zero attached hydrogens (tertiary/aromatic N) is 6. The Bertz CT molecular complexity index is 5310. The van der Waals surface area contributed by atoms with Crippen molar-refractivity contribution >= 4 is 125 Å². The smallest absolute Gasteiger partial charge is 0.408 e. The summed E-state index contributed by atoms with van der Waals surface area (Å²) < 4.78 is 58.0. The minimum atomic E-state index is -3.49. The Morgan fingerprint density at radius 3 is 1.34 bits per heavy atom. The molecule has 6 amide bonds. The first kappa shape index (κ1) is 90.2. The number of thiazole rings is 2. The van der Waals surface area contributed by atoms with Crippen LogP contribution in [0.2, 0.25) is 10.0 Å². The van der Waals surface area contributed by atoms with Crippen LogP contribution >= 0.6 is 45.9 Å². The van der Waals surface area contributed by atoms with Gasteiger partial charge >= 0.3 is 24.1 Å². The molecule has 6 heterocycles. The van der Waals surface area contributed by atoms with E-state index >= 15 is 0 Å². The zero-order valence-corrected chi connectivity index (χ0v) is 74.8. The fourth-order valence-electron chi connectivity index (χ4n) is 17.0. The Labute approximate surface area is 727 Å². The fourth-order valence-corrected chi connectivity index (χ4v) is 20.1. The third-order valence-electron chi connectivity index (χ3n) is 24.6. The summed E-state index contributed by atoms with van der Waals surface area (Å²) in [5.41, 5.74) is 0.297. The largest absolute Gasteiger partial charge is 0.495 e. The first-order valence-corrected chi connectivity index (χ1v) is 45.3. The molecular weight excluding hydrogens is 1670 g/mol. The monoisotopic (exact) mass is 1770 g/mol. The highest BCUT2D eigenvalue weighted by atomic mass is 35.5. The number of hydrazine groups is 1. The summed E-state index contributed by atoms with van der Waals surface area (Å²) in [6.45, 7) is 26.7. The van der Waals surface area contributed by atoms with E-state index in [9.17, 15) is 57.0 Å². The predicted octanol–water partition coefficient (Wildman–Crippen LogP) is 13.5. The average molecular weight is 1780 g/mol. The quantitative estimate of drug-likeness (QED) is 0.0142. The number of fused-ring (bicyclic) bond motifs is 4. The van der Waals surface area contributed by atoms with Crippen molar-refractivity contribution in [1.82, 2.24) is 55.8 Å². The van der Waals surface area contributed by atoms with E-state index in [1.165, 1.54) is 77.7 Å². The lowest BCUT2D eigenvalue weighted by Gasteiger charge is -2.35. The van der Waals surface area contributed by atoms with E-state index in [0.717, 1.165) is 42.6 Å². The maximum absolute atomic E-state index is 14.7. The van der Waals surface area contributed by atoms with Crippen LogP contribution < -0.4 is 50.9 Å². The number of methoxy groups -OCH3 is 2. The summed E-state index contributed by atoms with van der Waals surface area (Å²) >= 11 is 16.5. The van der Waals surface area contributed by atoms with Crippen LogP contribution in [0.4, 0.5) is 9.59 Å². The molecule has 9 N–H and O–H groups in total. The molecule has 35 heteroatoms. The minimum absolute atomic E-state index is 0.0126. The normalized spacial score (nSPS) is 25.8. The van der Waals surface area contributed by atoms with E-state index in [2.05, 4.69) is 55.5 Å². The molecule has 0 bridgehead atoms. The van der Waals surface area contributed by atoms with Crippen LogP contribution in [0.1, 0.15) is 176 Å². The summed E-state index contributed by atoms with van der Waals surface area (Å²) in [6.07, 6.45) is 5.15. The number of nitrogens with two attached hydrogens (primary N) is 1. The van der Waals surface area contributed by atoms with Gasteiger partial charge in [0.25, 0.3) is 10.0 Å². The number of hydrogen-bond acceptors (Lipinski definition) is 23. The van der Waals surface area contributed by atoms with Gasteiger partial charge in [-0.2, -0.15) is 4.83 Å². The summed E-state index contributed by atoms with van der Waals surface area (Å²) in [5, 5.41) is 38.5. The van der Waals surface area contributed by atoms with Crippen molar-refractivity contribution in [3.8, 4) is 44.4 Å². The van der Waals surface area contributed by atoms with Gasteiger partial charge in [0.15, 0.2) is 0 Å². The Morgan fingerprint density at radius 2 is 1.01 bits per heavy atom. The molecule has 30 nitrogen and oxygen atoms in total. The number of nitrogens with one attached hydrogen (secondary N) is 5. The average Bonchev–Trinajstić information content (AvgIpc) is 1.58. The van der Waals surface area contributed by atoms with Crippen molar-refractivity contribution in [2.24, 2.45) is 52.2 Å². The lowest BCUT2D eigenvalue weighted by atomic mass is 9.85. The summed E-state index contributed by atoms with van der Waals surface area (Å²) in [5.74, 6) is 4.16.